The summed E-state index contributed by atoms with van der Waals surface area (Å²) >= 11 is 0. The molecule has 1 heterocycles. The summed E-state index contributed by atoms with van der Waals surface area (Å²) in [6.45, 7) is 8.37. The van der Waals surface area contributed by atoms with Gasteiger partial charge in [-0.3, -0.25) is 0 Å². The van der Waals surface area contributed by atoms with E-state index in [1.54, 1.807) is 0 Å². The molecule has 1 aliphatic rings. The summed E-state index contributed by atoms with van der Waals surface area (Å²) < 4.78 is 5.20. The van der Waals surface area contributed by atoms with E-state index in [9.17, 15) is 0 Å². The first kappa shape index (κ1) is 13.3. The summed E-state index contributed by atoms with van der Waals surface area (Å²) in [6.07, 6.45) is 7.96. The molecule has 2 nitrogen and oxygen atoms in total. The van der Waals surface area contributed by atoms with Crippen LogP contribution in [0.25, 0.3) is 0 Å². The highest BCUT2D eigenvalue weighted by Gasteiger charge is 2.21. The number of nitrogens with zero attached hydrogens (tertiary/aromatic N) is 1. The fourth-order valence-electron chi connectivity index (χ4n) is 2.19. The fraction of sp³-hybridized carbons (Fsp3) is 0.786. The summed E-state index contributed by atoms with van der Waals surface area (Å²) in [4.78, 5) is 0. The van der Waals surface area contributed by atoms with Gasteiger partial charge in [0.15, 0.2) is 0 Å². The largest absolute Gasteiger partial charge is 0.361 e. The van der Waals surface area contributed by atoms with Gasteiger partial charge in [0, 0.05) is 11.5 Å². The number of rotatable bonds is 1. The summed E-state index contributed by atoms with van der Waals surface area (Å²) in [5.41, 5.74) is 2.49. The van der Waals surface area contributed by atoms with E-state index in [0.717, 1.165) is 5.76 Å². The highest BCUT2D eigenvalue weighted by atomic mass is 16.5. The molecule has 0 spiro atoms. The van der Waals surface area contributed by atoms with Crippen LogP contribution in [0.2, 0.25) is 0 Å². The lowest BCUT2D eigenvalue weighted by Gasteiger charge is -2.19. The second-order valence-electron chi connectivity index (χ2n) is 4.79. The van der Waals surface area contributed by atoms with Gasteiger partial charge in [-0.15, -0.1) is 0 Å². The molecule has 0 atom stereocenters. The zero-order valence-corrected chi connectivity index (χ0v) is 11.2. The Morgan fingerprint density at radius 2 is 1.69 bits per heavy atom. The molecule has 0 unspecified atom stereocenters. The van der Waals surface area contributed by atoms with E-state index in [0.29, 0.717) is 5.92 Å². The molecule has 1 aromatic heterocycles. The summed E-state index contributed by atoms with van der Waals surface area (Å²) in [5, 5.41) is 4.16. The Balaban J connectivity index is 0.000000386. The maximum atomic E-state index is 5.20. The van der Waals surface area contributed by atoms with Crippen LogP contribution in [0.15, 0.2) is 4.52 Å². The lowest BCUT2D eigenvalue weighted by atomic mass is 9.85. The molecule has 0 aliphatic heterocycles. The number of aryl methyl sites for hydroxylation is 1. The number of hydrogen-bond acceptors (Lipinski definition) is 2. The van der Waals surface area contributed by atoms with Gasteiger partial charge >= 0.3 is 0 Å². The minimum atomic E-state index is 0.672. The SMILES string of the molecule is CCC.Cc1onc(C2CCCCC2)c1C. The Hall–Kier alpha value is -0.790. The van der Waals surface area contributed by atoms with Crippen LogP contribution in [0.4, 0.5) is 0 Å². The first-order valence-electron chi connectivity index (χ1n) is 6.63. The van der Waals surface area contributed by atoms with Crippen molar-refractivity contribution in [1.29, 1.82) is 0 Å². The van der Waals surface area contributed by atoms with Crippen LogP contribution in [0, 0.1) is 13.8 Å². The fourth-order valence-corrected chi connectivity index (χ4v) is 2.19. The van der Waals surface area contributed by atoms with Crippen LogP contribution in [-0.4, -0.2) is 5.16 Å². The zero-order valence-electron chi connectivity index (χ0n) is 11.2. The molecular formula is C14H25NO. The zero-order chi connectivity index (χ0) is 12.0. The molecular weight excluding hydrogens is 198 g/mol. The first-order valence-corrected chi connectivity index (χ1v) is 6.63. The second kappa shape index (κ2) is 6.72. The first-order chi connectivity index (χ1) is 7.70. The van der Waals surface area contributed by atoms with Gasteiger partial charge < -0.3 is 4.52 Å². The van der Waals surface area contributed by atoms with E-state index >= 15 is 0 Å². The summed E-state index contributed by atoms with van der Waals surface area (Å²) in [7, 11) is 0. The Kier molecular flexibility index (Phi) is 5.58. The molecule has 1 fully saturated rings. The minimum absolute atomic E-state index is 0.672. The van der Waals surface area contributed by atoms with Crippen LogP contribution in [0.1, 0.15) is 75.3 Å². The van der Waals surface area contributed by atoms with Crippen molar-refractivity contribution in [2.75, 3.05) is 0 Å². The number of aromatic nitrogens is 1. The number of hydrogen-bond donors (Lipinski definition) is 0. The minimum Gasteiger partial charge on any atom is -0.361 e. The van der Waals surface area contributed by atoms with Gasteiger partial charge in [0.1, 0.15) is 5.76 Å². The van der Waals surface area contributed by atoms with Crippen LogP contribution < -0.4 is 0 Å². The molecule has 1 aromatic rings. The van der Waals surface area contributed by atoms with Crippen molar-refractivity contribution in [2.45, 2.75) is 72.1 Å². The average Bonchev–Trinajstić information content (AvgIpc) is 2.62. The molecule has 0 amide bonds. The third kappa shape index (κ3) is 3.36. The Bertz CT molecular complexity index is 298. The molecule has 0 aromatic carbocycles. The molecule has 2 rings (SSSR count). The maximum absolute atomic E-state index is 5.20. The van der Waals surface area contributed by atoms with E-state index in [1.807, 2.05) is 6.92 Å². The maximum Gasteiger partial charge on any atom is 0.136 e. The Morgan fingerprint density at radius 1 is 1.12 bits per heavy atom. The highest BCUT2D eigenvalue weighted by molar-refractivity contribution is 5.23. The van der Waals surface area contributed by atoms with Crippen LogP contribution in [0.3, 0.4) is 0 Å². The van der Waals surface area contributed by atoms with Crippen molar-refractivity contribution < 1.29 is 4.52 Å². The van der Waals surface area contributed by atoms with Crippen molar-refractivity contribution in [3.63, 3.8) is 0 Å². The molecule has 0 N–H and O–H groups in total. The summed E-state index contributed by atoms with van der Waals surface area (Å²) in [5.74, 6) is 1.66. The molecule has 1 saturated carbocycles. The predicted molar refractivity (Wildman–Crippen MR) is 67.8 cm³/mol. The van der Waals surface area contributed by atoms with Gasteiger partial charge in [-0.25, -0.2) is 0 Å². The molecule has 0 saturated heterocycles. The van der Waals surface area contributed by atoms with Gasteiger partial charge in [0.05, 0.1) is 5.69 Å². The summed E-state index contributed by atoms with van der Waals surface area (Å²) in [6, 6.07) is 0. The quantitative estimate of drug-likeness (QED) is 0.686. The van der Waals surface area contributed by atoms with Crippen molar-refractivity contribution in [3.8, 4) is 0 Å². The van der Waals surface area contributed by atoms with E-state index in [4.69, 9.17) is 4.52 Å². The van der Waals surface area contributed by atoms with Crippen molar-refractivity contribution in [2.24, 2.45) is 0 Å². The van der Waals surface area contributed by atoms with Crippen LogP contribution in [-0.2, 0) is 0 Å². The van der Waals surface area contributed by atoms with Gasteiger partial charge in [-0.05, 0) is 26.7 Å². The van der Waals surface area contributed by atoms with Gasteiger partial charge in [0.2, 0.25) is 0 Å². The second-order valence-corrected chi connectivity index (χ2v) is 4.79. The third-order valence-electron chi connectivity index (χ3n) is 3.19. The lowest BCUT2D eigenvalue weighted by molar-refractivity contribution is 0.367. The molecule has 1 aliphatic carbocycles. The van der Waals surface area contributed by atoms with Crippen LogP contribution >= 0.6 is 0 Å². The lowest BCUT2D eigenvalue weighted by Crippen LogP contribution is -2.06. The smallest absolute Gasteiger partial charge is 0.136 e. The van der Waals surface area contributed by atoms with Gasteiger partial charge in [0.25, 0.3) is 0 Å². The van der Waals surface area contributed by atoms with Gasteiger partial charge in [-0.1, -0.05) is 44.7 Å². The van der Waals surface area contributed by atoms with Crippen molar-refractivity contribution in [3.05, 3.63) is 17.0 Å². The average molecular weight is 223 g/mol. The van der Waals surface area contributed by atoms with Crippen molar-refractivity contribution >= 4 is 0 Å². The predicted octanol–water partition coefficient (Wildman–Crippen LogP) is 4.76. The van der Waals surface area contributed by atoms with E-state index in [-0.39, 0.29) is 0 Å². The molecule has 16 heavy (non-hydrogen) atoms. The topological polar surface area (TPSA) is 26.0 Å². The standard InChI is InChI=1S/C11H17NO.C3H8/c1-8-9(2)13-12-11(8)10-6-4-3-5-7-10;1-3-2/h10H,3-7H2,1-2H3;3H2,1-2H3. The van der Waals surface area contributed by atoms with E-state index in [2.05, 4.69) is 25.9 Å². The normalized spacial score (nSPS) is 16.8. The third-order valence-corrected chi connectivity index (χ3v) is 3.19. The van der Waals surface area contributed by atoms with E-state index < -0.39 is 0 Å². The highest BCUT2D eigenvalue weighted by Crippen LogP contribution is 2.34. The molecule has 92 valence electrons. The van der Waals surface area contributed by atoms with Crippen molar-refractivity contribution in [1.82, 2.24) is 5.16 Å². The Morgan fingerprint density at radius 3 is 2.12 bits per heavy atom. The molecule has 0 bridgehead atoms. The molecule has 2 heteroatoms. The Labute approximate surface area is 99.4 Å². The monoisotopic (exact) mass is 223 g/mol. The van der Waals surface area contributed by atoms with Gasteiger partial charge in [-0.2, -0.15) is 0 Å². The van der Waals surface area contributed by atoms with E-state index in [1.165, 1.54) is 49.8 Å². The molecule has 0 radical (unpaired) electrons. The van der Waals surface area contributed by atoms with Crippen LogP contribution in [0.5, 0.6) is 0 Å².